The van der Waals surface area contributed by atoms with Crippen LogP contribution in [0.3, 0.4) is 0 Å². The summed E-state index contributed by atoms with van der Waals surface area (Å²) in [7, 11) is 0. The van der Waals surface area contributed by atoms with Gasteiger partial charge in [-0.05, 0) is 42.7 Å². The van der Waals surface area contributed by atoms with Crippen LogP contribution < -0.4 is 10.2 Å². The van der Waals surface area contributed by atoms with Crippen molar-refractivity contribution in [2.24, 2.45) is 0 Å². The maximum Gasteiger partial charge on any atom is 0.326 e. The number of benzene rings is 2. The van der Waals surface area contributed by atoms with Gasteiger partial charge in [0.2, 0.25) is 0 Å². The highest BCUT2D eigenvalue weighted by molar-refractivity contribution is 6.31. The number of carbonyl (C=O) groups is 2. The van der Waals surface area contributed by atoms with E-state index in [-0.39, 0.29) is 12.3 Å². The molecule has 2 aromatic carbocycles. The number of carboxylic acid groups (broad SMARTS) is 1. The molecule has 0 bridgehead atoms. The monoisotopic (exact) mass is 382 g/mol. The number of nitrogens with zero attached hydrogens (tertiary/aromatic N) is 1. The molecule has 0 radical (unpaired) electrons. The number of fused-ring (bicyclic) bond motifs is 1. The third kappa shape index (κ3) is 3.30. The van der Waals surface area contributed by atoms with Crippen LogP contribution >= 0.6 is 11.6 Å². The maximum absolute atomic E-state index is 13.3. The van der Waals surface area contributed by atoms with Crippen LogP contribution in [0.25, 0.3) is 5.57 Å². The van der Waals surface area contributed by atoms with Gasteiger partial charge in [0.15, 0.2) is 0 Å². The second-order valence-corrected chi connectivity index (χ2v) is 7.22. The lowest BCUT2D eigenvalue weighted by Crippen LogP contribution is -2.39. The van der Waals surface area contributed by atoms with E-state index in [1.165, 1.54) is 0 Å². The summed E-state index contributed by atoms with van der Waals surface area (Å²) in [4.78, 5) is 26.7. The fraction of sp³-hybridized carbons (Fsp3) is 0.238. The number of rotatable bonds is 2. The van der Waals surface area contributed by atoms with Gasteiger partial charge in [-0.1, -0.05) is 35.9 Å². The molecule has 2 heterocycles. The minimum atomic E-state index is -0.943. The number of nitrogens with one attached hydrogen (secondary N) is 1. The summed E-state index contributed by atoms with van der Waals surface area (Å²) < 4.78 is 0. The van der Waals surface area contributed by atoms with E-state index >= 15 is 0 Å². The molecule has 1 fully saturated rings. The first-order valence-corrected chi connectivity index (χ1v) is 9.30. The molecule has 138 valence electrons. The Hall–Kier alpha value is -2.79. The predicted octanol–water partition coefficient (Wildman–Crippen LogP) is 4.19. The van der Waals surface area contributed by atoms with Gasteiger partial charge < -0.3 is 15.3 Å². The highest BCUT2D eigenvalue weighted by Crippen LogP contribution is 2.40. The van der Waals surface area contributed by atoms with Gasteiger partial charge in [-0.2, -0.15) is 0 Å². The molecule has 4 rings (SSSR count). The summed E-state index contributed by atoms with van der Waals surface area (Å²) in [6, 6.07) is 14.1. The minimum absolute atomic E-state index is 0.0469. The minimum Gasteiger partial charge on any atom is -0.480 e. The number of aliphatic carboxylic acids is 1. The molecule has 27 heavy (non-hydrogen) atoms. The smallest absolute Gasteiger partial charge is 0.326 e. The van der Waals surface area contributed by atoms with E-state index in [9.17, 15) is 14.7 Å². The molecule has 2 aliphatic rings. The van der Waals surface area contributed by atoms with Crippen molar-refractivity contribution in [3.05, 3.63) is 64.7 Å². The van der Waals surface area contributed by atoms with Gasteiger partial charge in [-0.15, -0.1) is 0 Å². The second kappa shape index (κ2) is 7.08. The van der Waals surface area contributed by atoms with Crippen LogP contribution in [0.15, 0.2) is 54.1 Å². The number of hydrogen-bond acceptors (Lipinski definition) is 3. The maximum atomic E-state index is 13.3. The number of carbonyl (C=O) groups excluding carboxylic acids is 1. The number of carboxylic acids is 1. The lowest BCUT2D eigenvalue weighted by Gasteiger charge is -2.33. The van der Waals surface area contributed by atoms with Gasteiger partial charge in [0.1, 0.15) is 6.04 Å². The molecule has 2 aliphatic heterocycles. The van der Waals surface area contributed by atoms with Crippen molar-refractivity contribution in [2.45, 2.75) is 25.3 Å². The number of anilines is 2. The Labute approximate surface area is 162 Å². The van der Waals surface area contributed by atoms with E-state index < -0.39 is 12.0 Å². The van der Waals surface area contributed by atoms with Crippen LogP contribution in [0.4, 0.5) is 11.4 Å². The van der Waals surface area contributed by atoms with Crippen LogP contribution in [0.2, 0.25) is 5.02 Å². The normalized spacial score (nSPS) is 22.2. The lowest BCUT2D eigenvalue weighted by atomic mass is 9.85. The molecule has 2 aromatic rings. The lowest BCUT2D eigenvalue weighted by molar-refractivity contribution is -0.137. The molecule has 1 amide bonds. The van der Waals surface area contributed by atoms with Gasteiger partial charge in [-0.25, -0.2) is 4.79 Å². The molecule has 6 heteroatoms. The zero-order valence-electron chi connectivity index (χ0n) is 14.6. The van der Waals surface area contributed by atoms with Crippen LogP contribution in [0.1, 0.15) is 24.8 Å². The Kier molecular flexibility index (Phi) is 4.62. The number of halogens is 1. The zero-order valence-corrected chi connectivity index (χ0v) is 15.4. The summed E-state index contributed by atoms with van der Waals surface area (Å²) in [5.74, 6) is -0.990. The summed E-state index contributed by atoms with van der Waals surface area (Å²) in [5.41, 5.74) is 3.88. The highest BCUT2D eigenvalue weighted by atomic mass is 35.5. The molecule has 0 aliphatic carbocycles. The van der Waals surface area contributed by atoms with E-state index in [1.54, 1.807) is 17.0 Å². The molecule has 1 saturated heterocycles. The van der Waals surface area contributed by atoms with Crippen molar-refractivity contribution in [1.29, 1.82) is 0 Å². The largest absolute Gasteiger partial charge is 0.480 e. The third-order valence-corrected chi connectivity index (χ3v) is 5.32. The Balaban J connectivity index is 1.80. The third-order valence-electron chi connectivity index (χ3n) is 5.09. The van der Waals surface area contributed by atoms with E-state index in [4.69, 9.17) is 11.6 Å². The predicted molar refractivity (Wildman–Crippen MR) is 106 cm³/mol. The molecule has 5 nitrogen and oxygen atoms in total. The van der Waals surface area contributed by atoms with Crippen LogP contribution in [-0.2, 0) is 9.59 Å². The Morgan fingerprint density at radius 3 is 2.67 bits per heavy atom. The second-order valence-electron chi connectivity index (χ2n) is 6.78. The summed E-state index contributed by atoms with van der Waals surface area (Å²) in [6.07, 6.45) is 1.76. The van der Waals surface area contributed by atoms with Gasteiger partial charge in [-0.3, -0.25) is 4.79 Å². The van der Waals surface area contributed by atoms with Crippen LogP contribution in [0.5, 0.6) is 0 Å². The Morgan fingerprint density at radius 2 is 1.93 bits per heavy atom. The molecule has 0 spiro atoms. The van der Waals surface area contributed by atoms with Gasteiger partial charge >= 0.3 is 5.97 Å². The van der Waals surface area contributed by atoms with Gasteiger partial charge in [0.05, 0.1) is 0 Å². The zero-order chi connectivity index (χ0) is 19.0. The Bertz CT molecular complexity index is 940. The molecule has 1 unspecified atom stereocenters. The van der Waals surface area contributed by atoms with E-state index in [0.29, 0.717) is 29.2 Å². The number of amides is 1. The van der Waals surface area contributed by atoms with Crippen molar-refractivity contribution in [2.75, 3.05) is 16.8 Å². The van der Waals surface area contributed by atoms with Gasteiger partial charge in [0.25, 0.3) is 5.91 Å². The van der Waals surface area contributed by atoms with Crippen molar-refractivity contribution < 1.29 is 14.7 Å². The number of piperidine rings is 1. The average molecular weight is 383 g/mol. The van der Waals surface area contributed by atoms with Gasteiger partial charge in [0, 0.05) is 40.5 Å². The summed E-state index contributed by atoms with van der Waals surface area (Å²) in [5, 5.41) is 13.1. The fourth-order valence-electron chi connectivity index (χ4n) is 3.81. The molecule has 0 aromatic heterocycles. The van der Waals surface area contributed by atoms with E-state index in [2.05, 4.69) is 5.32 Å². The first-order valence-electron chi connectivity index (χ1n) is 8.93. The first kappa shape index (κ1) is 17.6. The topological polar surface area (TPSA) is 69.6 Å². The van der Waals surface area contributed by atoms with Crippen molar-refractivity contribution in [1.82, 2.24) is 0 Å². The molecular formula is C21H19ClN2O3. The van der Waals surface area contributed by atoms with E-state index in [0.717, 1.165) is 23.2 Å². The van der Waals surface area contributed by atoms with Crippen LogP contribution in [-0.4, -0.2) is 29.6 Å². The fourth-order valence-corrected chi connectivity index (χ4v) is 3.98. The molecule has 0 saturated carbocycles. The number of para-hydroxylation sites is 1. The molecule has 1 atom stereocenters. The van der Waals surface area contributed by atoms with E-state index in [1.807, 2.05) is 36.4 Å². The van der Waals surface area contributed by atoms with Crippen molar-refractivity contribution >= 4 is 40.4 Å². The highest BCUT2D eigenvalue weighted by Gasteiger charge is 2.33. The SMILES string of the molecule is O=C(O)C1C/C(=C2/CCCN(c3ccccc3)C2=O)c2ccc(Cl)cc2N1. The first-order chi connectivity index (χ1) is 13.0. The molecular weight excluding hydrogens is 364 g/mol. The standard InChI is InChI=1S/C21H19ClN2O3/c22-13-8-9-15-17(12-19(21(26)27)23-18(15)11-13)16-7-4-10-24(20(16)25)14-5-2-1-3-6-14/h1-3,5-6,8-9,11,19,23H,4,7,10,12H2,(H,26,27)/b17-16+. The molecule has 2 N–H and O–H groups in total. The summed E-state index contributed by atoms with van der Waals surface area (Å²) in [6.45, 7) is 0.660. The average Bonchev–Trinajstić information content (AvgIpc) is 2.67. The number of hydrogen-bond donors (Lipinski definition) is 2. The summed E-state index contributed by atoms with van der Waals surface area (Å²) >= 11 is 6.09. The van der Waals surface area contributed by atoms with Crippen LogP contribution in [0, 0.1) is 0 Å². The Morgan fingerprint density at radius 1 is 1.15 bits per heavy atom. The quantitative estimate of drug-likeness (QED) is 0.764. The van der Waals surface area contributed by atoms with Crippen molar-refractivity contribution in [3.63, 3.8) is 0 Å². The van der Waals surface area contributed by atoms with Crippen molar-refractivity contribution in [3.8, 4) is 0 Å².